The van der Waals surface area contributed by atoms with Crippen LogP contribution >= 0.6 is 27.5 Å². The first kappa shape index (κ1) is 18.4. The summed E-state index contributed by atoms with van der Waals surface area (Å²) in [5.41, 5.74) is 0.488. The highest BCUT2D eigenvalue weighted by molar-refractivity contribution is 9.10. The largest absolute Gasteiger partial charge is 0.464 e. The minimum atomic E-state index is -0.801. The summed E-state index contributed by atoms with van der Waals surface area (Å²) in [4.78, 5) is 15.9. The van der Waals surface area contributed by atoms with Crippen molar-refractivity contribution in [3.8, 4) is 11.3 Å². The Morgan fingerprint density at radius 1 is 1.33 bits per heavy atom. The second-order valence-electron chi connectivity index (χ2n) is 4.86. The molecule has 4 nitrogen and oxygen atoms in total. The Labute approximate surface area is 150 Å². The second-order valence-corrected chi connectivity index (χ2v) is 6.09. The van der Waals surface area contributed by atoms with E-state index in [1.165, 1.54) is 13.2 Å². The number of benzene rings is 1. The van der Waals surface area contributed by atoms with Gasteiger partial charge in [-0.15, -0.1) is 0 Å². The maximum atomic E-state index is 14.2. The van der Waals surface area contributed by atoms with Gasteiger partial charge in [-0.25, -0.2) is 18.6 Å². The first-order valence-corrected chi connectivity index (χ1v) is 7.78. The lowest BCUT2D eigenvalue weighted by molar-refractivity contribution is 0.0594. The van der Waals surface area contributed by atoms with Crippen molar-refractivity contribution >= 4 is 39.2 Å². The van der Waals surface area contributed by atoms with Crippen LogP contribution < -0.4 is 5.32 Å². The molecule has 1 N–H and O–H groups in total. The lowest BCUT2D eigenvalue weighted by Gasteiger charge is -2.13. The molecule has 0 aliphatic rings. The zero-order valence-electron chi connectivity index (χ0n) is 12.7. The van der Waals surface area contributed by atoms with Gasteiger partial charge in [0, 0.05) is 11.3 Å². The van der Waals surface area contributed by atoms with E-state index in [2.05, 4.69) is 37.5 Å². The number of hydrogen-bond donors (Lipinski definition) is 1. The fraction of sp³-hybridized carbons (Fsp3) is 0.125. The van der Waals surface area contributed by atoms with Crippen molar-refractivity contribution < 1.29 is 18.3 Å². The summed E-state index contributed by atoms with van der Waals surface area (Å²) >= 11 is 9.05. The molecule has 2 rings (SSSR count). The number of esters is 1. The first-order chi connectivity index (χ1) is 11.2. The Morgan fingerprint density at radius 2 is 2.00 bits per heavy atom. The Morgan fingerprint density at radius 3 is 2.58 bits per heavy atom. The number of nitrogens with one attached hydrogen (secondary N) is 1. The van der Waals surface area contributed by atoms with Gasteiger partial charge in [0.2, 0.25) is 0 Å². The number of aromatic nitrogens is 1. The molecule has 24 heavy (non-hydrogen) atoms. The van der Waals surface area contributed by atoms with Crippen molar-refractivity contribution in [2.24, 2.45) is 0 Å². The summed E-state index contributed by atoms with van der Waals surface area (Å²) in [5.74, 6) is -2.18. The molecule has 0 spiro atoms. The number of nitrogens with zero attached hydrogens (tertiary/aromatic N) is 1. The predicted octanol–water partition coefficient (Wildman–Crippen LogP) is 5.17. The normalized spacial score (nSPS) is 10.4. The highest BCUT2D eigenvalue weighted by atomic mass is 79.9. The van der Waals surface area contributed by atoms with Crippen LogP contribution in [0.1, 0.15) is 17.4 Å². The van der Waals surface area contributed by atoms with E-state index < -0.39 is 17.6 Å². The fourth-order valence-corrected chi connectivity index (χ4v) is 2.48. The maximum Gasteiger partial charge on any atom is 0.358 e. The summed E-state index contributed by atoms with van der Waals surface area (Å²) in [6, 6.07) is 3.35. The van der Waals surface area contributed by atoms with Crippen LogP contribution in [0.2, 0.25) is 5.02 Å². The van der Waals surface area contributed by atoms with E-state index in [1.54, 1.807) is 6.92 Å². The van der Waals surface area contributed by atoms with Gasteiger partial charge in [-0.1, -0.05) is 18.2 Å². The molecule has 0 saturated heterocycles. The minimum absolute atomic E-state index is 0.00779. The van der Waals surface area contributed by atoms with Gasteiger partial charge in [-0.3, -0.25) is 0 Å². The highest BCUT2D eigenvalue weighted by Crippen LogP contribution is 2.33. The molecule has 0 unspecified atom stereocenters. The molecule has 126 valence electrons. The molecule has 0 amide bonds. The Bertz CT molecular complexity index is 843. The average Bonchev–Trinajstić information content (AvgIpc) is 2.51. The van der Waals surface area contributed by atoms with Crippen molar-refractivity contribution in [1.29, 1.82) is 0 Å². The number of hydrogen-bond acceptors (Lipinski definition) is 4. The molecule has 1 aromatic carbocycles. The molecule has 0 radical (unpaired) electrons. The summed E-state index contributed by atoms with van der Waals surface area (Å²) in [5, 5.41) is 2.84. The second kappa shape index (κ2) is 7.27. The average molecular weight is 418 g/mol. The predicted molar refractivity (Wildman–Crippen MR) is 92.1 cm³/mol. The number of allylic oxidation sites excluding steroid dienone is 1. The van der Waals surface area contributed by atoms with Crippen molar-refractivity contribution in [3.63, 3.8) is 0 Å². The summed E-state index contributed by atoms with van der Waals surface area (Å²) in [6.07, 6.45) is 0. The zero-order valence-corrected chi connectivity index (χ0v) is 15.1. The molecule has 1 heterocycles. The Hall–Kier alpha value is -1.99. The van der Waals surface area contributed by atoms with Gasteiger partial charge >= 0.3 is 5.97 Å². The van der Waals surface area contributed by atoms with Gasteiger partial charge in [0.1, 0.15) is 11.6 Å². The van der Waals surface area contributed by atoms with Crippen molar-refractivity contribution in [2.45, 2.75) is 6.92 Å². The van der Waals surface area contributed by atoms with Crippen molar-refractivity contribution in [2.75, 3.05) is 12.4 Å². The number of halogens is 4. The van der Waals surface area contributed by atoms with E-state index in [1.807, 2.05) is 0 Å². The third-order valence-electron chi connectivity index (χ3n) is 2.97. The Balaban J connectivity index is 2.72. The smallest absolute Gasteiger partial charge is 0.358 e. The zero-order chi connectivity index (χ0) is 18.0. The van der Waals surface area contributed by atoms with E-state index in [4.69, 9.17) is 11.6 Å². The van der Waals surface area contributed by atoms with Crippen LogP contribution in [0.25, 0.3) is 11.3 Å². The molecule has 0 saturated carbocycles. The fourth-order valence-electron chi connectivity index (χ4n) is 1.94. The Kier molecular flexibility index (Phi) is 5.56. The summed E-state index contributed by atoms with van der Waals surface area (Å²) < 4.78 is 32.6. The van der Waals surface area contributed by atoms with E-state index in [0.717, 1.165) is 12.1 Å². The number of carbonyl (C=O) groups excluding carboxylic acids is 1. The number of rotatable bonds is 4. The van der Waals surface area contributed by atoms with Crippen molar-refractivity contribution in [1.82, 2.24) is 4.98 Å². The summed E-state index contributed by atoms with van der Waals surface area (Å²) in [6.45, 7) is 5.36. The third kappa shape index (κ3) is 3.73. The molecule has 1 aromatic heterocycles. The van der Waals surface area contributed by atoms with E-state index >= 15 is 0 Å². The molecule has 0 aliphatic heterocycles. The van der Waals surface area contributed by atoms with Crippen LogP contribution in [0.4, 0.5) is 14.5 Å². The third-order valence-corrected chi connectivity index (χ3v) is 3.96. The van der Waals surface area contributed by atoms with Gasteiger partial charge in [0.25, 0.3) is 0 Å². The number of methoxy groups -OCH3 is 1. The standard InChI is InChI=1S/C16H12BrClF2N2O2/c1-7(2)21-13-6-12(22-15(14(13)18)16(23)24-3)8-4-11(20)9(17)5-10(8)19/h4-6H,1H2,2-3H3,(H,21,22). The molecule has 2 aromatic rings. The van der Waals surface area contributed by atoms with Crippen LogP contribution in [-0.2, 0) is 4.74 Å². The topological polar surface area (TPSA) is 51.2 Å². The lowest BCUT2D eigenvalue weighted by atomic mass is 10.1. The molecule has 0 fully saturated rings. The van der Waals surface area contributed by atoms with Gasteiger partial charge in [-0.2, -0.15) is 0 Å². The van der Waals surface area contributed by atoms with Crippen LogP contribution in [0.3, 0.4) is 0 Å². The molecule has 0 bridgehead atoms. The highest BCUT2D eigenvalue weighted by Gasteiger charge is 2.21. The minimum Gasteiger partial charge on any atom is -0.464 e. The molecular formula is C16H12BrClF2N2O2. The van der Waals surface area contributed by atoms with Gasteiger partial charge in [0.05, 0.1) is 28.0 Å². The number of anilines is 1. The van der Waals surface area contributed by atoms with Crippen LogP contribution in [0.5, 0.6) is 0 Å². The van der Waals surface area contributed by atoms with E-state index in [9.17, 15) is 13.6 Å². The molecule has 8 heteroatoms. The van der Waals surface area contributed by atoms with Gasteiger partial charge in [0.15, 0.2) is 5.69 Å². The van der Waals surface area contributed by atoms with Crippen LogP contribution in [-0.4, -0.2) is 18.1 Å². The number of ether oxygens (including phenoxy) is 1. The molecule has 0 aliphatic carbocycles. The SMILES string of the molecule is C=C(C)Nc1cc(-c2cc(F)c(Br)cc2F)nc(C(=O)OC)c1Cl. The van der Waals surface area contributed by atoms with E-state index in [0.29, 0.717) is 5.70 Å². The lowest BCUT2D eigenvalue weighted by Crippen LogP contribution is -2.09. The first-order valence-electron chi connectivity index (χ1n) is 6.61. The van der Waals surface area contributed by atoms with Crippen molar-refractivity contribution in [3.05, 3.63) is 57.3 Å². The maximum absolute atomic E-state index is 14.2. The van der Waals surface area contributed by atoms with Crippen LogP contribution in [0, 0.1) is 11.6 Å². The number of pyridine rings is 1. The number of carbonyl (C=O) groups is 1. The van der Waals surface area contributed by atoms with Crippen LogP contribution in [0.15, 0.2) is 34.9 Å². The quantitative estimate of drug-likeness (QED) is 0.550. The summed E-state index contributed by atoms with van der Waals surface area (Å²) in [7, 11) is 1.17. The molecule has 0 atom stereocenters. The van der Waals surface area contributed by atoms with E-state index in [-0.39, 0.29) is 32.1 Å². The van der Waals surface area contributed by atoms with Gasteiger partial charge < -0.3 is 10.1 Å². The monoisotopic (exact) mass is 416 g/mol. The van der Waals surface area contributed by atoms with Gasteiger partial charge in [-0.05, 0) is 41.1 Å². The molecular weight excluding hydrogens is 406 g/mol.